The molecule has 1 aromatic rings. The second-order valence-corrected chi connectivity index (χ2v) is 5.41. The molecule has 0 amide bonds. The molecule has 1 unspecified atom stereocenters. The Labute approximate surface area is 114 Å². The normalized spacial score (nSPS) is 15.4. The van der Waals surface area contributed by atoms with Crippen molar-refractivity contribution in [2.24, 2.45) is 0 Å². The van der Waals surface area contributed by atoms with Gasteiger partial charge in [-0.1, -0.05) is 0 Å². The zero-order chi connectivity index (χ0) is 13.7. The molecule has 104 valence electrons. The van der Waals surface area contributed by atoms with Crippen LogP contribution in [0.15, 0.2) is 23.1 Å². The van der Waals surface area contributed by atoms with Gasteiger partial charge >= 0.3 is 5.97 Å². The first-order chi connectivity index (χ1) is 9.20. The van der Waals surface area contributed by atoms with Crippen molar-refractivity contribution in [2.45, 2.75) is 18.2 Å². The van der Waals surface area contributed by atoms with E-state index in [1.54, 1.807) is 25.1 Å². The first-order valence-corrected chi connectivity index (χ1v) is 7.46. The van der Waals surface area contributed by atoms with Gasteiger partial charge in [0, 0.05) is 17.4 Å². The molecule has 2 rings (SSSR count). The van der Waals surface area contributed by atoms with Gasteiger partial charge in [0.25, 0.3) is 0 Å². The van der Waals surface area contributed by atoms with Crippen molar-refractivity contribution in [3.63, 3.8) is 0 Å². The summed E-state index contributed by atoms with van der Waals surface area (Å²) in [5, 5.41) is 0. The van der Waals surface area contributed by atoms with Gasteiger partial charge in [-0.3, -0.25) is 9.00 Å². The predicted octanol–water partition coefficient (Wildman–Crippen LogP) is 1.52. The number of hydrogen-bond donors (Lipinski definition) is 0. The number of fused-ring (bicyclic) bond motifs is 1. The molecule has 1 heterocycles. The monoisotopic (exact) mass is 284 g/mol. The number of carbonyl (C=O) groups excluding carboxylic acids is 1. The molecule has 19 heavy (non-hydrogen) atoms. The van der Waals surface area contributed by atoms with E-state index in [0.29, 0.717) is 29.6 Å². The maximum absolute atomic E-state index is 12.0. The summed E-state index contributed by atoms with van der Waals surface area (Å²) in [7, 11) is -1.43. The molecule has 0 spiro atoms. The molecule has 6 heteroatoms. The molecular formula is C13H16O5S. The molecule has 0 aliphatic carbocycles. The van der Waals surface area contributed by atoms with Crippen molar-refractivity contribution in [2.75, 3.05) is 25.6 Å². The highest BCUT2D eigenvalue weighted by atomic mass is 32.2. The van der Waals surface area contributed by atoms with Gasteiger partial charge in [0.05, 0.1) is 30.6 Å². The summed E-state index contributed by atoms with van der Waals surface area (Å²) in [6.07, 6.45) is 0.815. The van der Waals surface area contributed by atoms with E-state index in [1.165, 1.54) is 0 Å². The fourth-order valence-corrected chi connectivity index (χ4v) is 2.60. The molecule has 1 aliphatic rings. The van der Waals surface area contributed by atoms with Crippen LogP contribution in [0.3, 0.4) is 0 Å². The van der Waals surface area contributed by atoms with Crippen molar-refractivity contribution in [3.05, 3.63) is 18.2 Å². The van der Waals surface area contributed by atoms with E-state index < -0.39 is 16.8 Å². The second kappa shape index (κ2) is 6.56. The molecule has 0 saturated carbocycles. The molecule has 1 aliphatic heterocycles. The van der Waals surface area contributed by atoms with Crippen LogP contribution in [0.25, 0.3) is 0 Å². The molecule has 0 N–H and O–H groups in total. The van der Waals surface area contributed by atoms with Crippen LogP contribution < -0.4 is 9.47 Å². The lowest BCUT2D eigenvalue weighted by Gasteiger charge is -2.09. The van der Waals surface area contributed by atoms with Crippen molar-refractivity contribution in [1.29, 1.82) is 0 Å². The third-order valence-corrected chi connectivity index (χ3v) is 3.81. The number of carbonyl (C=O) groups is 1. The van der Waals surface area contributed by atoms with Gasteiger partial charge in [-0.2, -0.15) is 0 Å². The van der Waals surface area contributed by atoms with Crippen LogP contribution in [0.1, 0.15) is 13.3 Å². The lowest BCUT2D eigenvalue weighted by Crippen LogP contribution is -2.14. The van der Waals surface area contributed by atoms with Crippen molar-refractivity contribution in [1.82, 2.24) is 0 Å². The average molecular weight is 284 g/mol. The first kappa shape index (κ1) is 13.9. The SMILES string of the molecule is CCOC(=O)CS(=O)c1ccc2c(c1)OCCCO2. The topological polar surface area (TPSA) is 61.8 Å². The van der Waals surface area contributed by atoms with Gasteiger partial charge in [-0.25, -0.2) is 0 Å². The van der Waals surface area contributed by atoms with E-state index >= 15 is 0 Å². The van der Waals surface area contributed by atoms with Gasteiger partial charge in [0.15, 0.2) is 11.5 Å². The molecule has 5 nitrogen and oxygen atoms in total. The maximum atomic E-state index is 12.0. The van der Waals surface area contributed by atoms with Gasteiger partial charge in [0.2, 0.25) is 0 Å². The highest BCUT2D eigenvalue weighted by molar-refractivity contribution is 7.85. The van der Waals surface area contributed by atoms with Gasteiger partial charge < -0.3 is 14.2 Å². The van der Waals surface area contributed by atoms with Crippen LogP contribution in [0.2, 0.25) is 0 Å². The zero-order valence-electron chi connectivity index (χ0n) is 10.7. The Morgan fingerprint density at radius 3 is 2.79 bits per heavy atom. The minimum absolute atomic E-state index is 0.145. The third kappa shape index (κ3) is 3.70. The number of esters is 1. The summed E-state index contributed by atoms with van der Waals surface area (Å²) < 4.78 is 27.8. The average Bonchev–Trinajstić information content (AvgIpc) is 2.63. The number of hydrogen-bond acceptors (Lipinski definition) is 5. The van der Waals surface area contributed by atoms with Crippen molar-refractivity contribution < 1.29 is 23.2 Å². The quantitative estimate of drug-likeness (QED) is 0.784. The molecule has 1 atom stereocenters. The van der Waals surface area contributed by atoms with Crippen LogP contribution in [-0.4, -0.2) is 35.8 Å². The Hall–Kier alpha value is -1.56. The summed E-state index contributed by atoms with van der Waals surface area (Å²) in [5.41, 5.74) is 0. The van der Waals surface area contributed by atoms with Gasteiger partial charge in [0.1, 0.15) is 5.75 Å². The standard InChI is InChI=1S/C13H16O5S/c1-2-16-13(14)9-19(15)10-4-5-11-12(8-10)18-7-3-6-17-11/h4-5,8H,2-3,6-7,9H2,1H3. The molecule has 0 radical (unpaired) electrons. The number of rotatable bonds is 4. The minimum Gasteiger partial charge on any atom is -0.490 e. The lowest BCUT2D eigenvalue weighted by molar-refractivity contribution is -0.139. The Bertz CT molecular complexity index is 486. The molecule has 0 saturated heterocycles. The molecular weight excluding hydrogens is 268 g/mol. The predicted molar refractivity (Wildman–Crippen MR) is 70.0 cm³/mol. The summed E-state index contributed by atoms with van der Waals surface area (Å²) in [6.45, 7) is 3.19. The Kier molecular flexibility index (Phi) is 4.79. The van der Waals surface area contributed by atoms with E-state index in [0.717, 1.165) is 6.42 Å². The Morgan fingerprint density at radius 2 is 2.05 bits per heavy atom. The number of ether oxygens (including phenoxy) is 3. The lowest BCUT2D eigenvalue weighted by atomic mass is 10.3. The second-order valence-electron chi connectivity index (χ2n) is 3.95. The highest BCUT2D eigenvalue weighted by Gasteiger charge is 2.15. The molecule has 0 fully saturated rings. The number of benzene rings is 1. The van der Waals surface area contributed by atoms with E-state index in [4.69, 9.17) is 14.2 Å². The summed E-state index contributed by atoms with van der Waals surface area (Å²) in [5.74, 6) is 0.613. The largest absolute Gasteiger partial charge is 0.490 e. The van der Waals surface area contributed by atoms with Crippen LogP contribution in [0.5, 0.6) is 11.5 Å². The fourth-order valence-electron chi connectivity index (χ4n) is 1.68. The zero-order valence-corrected chi connectivity index (χ0v) is 11.5. The molecule has 0 bridgehead atoms. The smallest absolute Gasteiger partial charge is 0.318 e. The third-order valence-electron chi connectivity index (χ3n) is 2.54. The van der Waals surface area contributed by atoms with Crippen LogP contribution in [0, 0.1) is 0 Å². The van der Waals surface area contributed by atoms with Crippen LogP contribution in [0.4, 0.5) is 0 Å². The molecule has 0 aromatic heterocycles. The summed E-state index contributed by atoms with van der Waals surface area (Å²) >= 11 is 0. The van der Waals surface area contributed by atoms with Crippen molar-refractivity contribution in [3.8, 4) is 11.5 Å². The van der Waals surface area contributed by atoms with E-state index in [-0.39, 0.29) is 12.4 Å². The first-order valence-electron chi connectivity index (χ1n) is 6.14. The van der Waals surface area contributed by atoms with E-state index in [9.17, 15) is 9.00 Å². The Morgan fingerprint density at radius 1 is 1.32 bits per heavy atom. The fraction of sp³-hybridized carbons (Fsp3) is 0.462. The van der Waals surface area contributed by atoms with Gasteiger partial charge in [-0.15, -0.1) is 0 Å². The van der Waals surface area contributed by atoms with E-state index in [1.807, 2.05) is 0 Å². The van der Waals surface area contributed by atoms with Crippen LogP contribution >= 0.6 is 0 Å². The molecule has 1 aromatic carbocycles. The minimum atomic E-state index is -1.43. The highest BCUT2D eigenvalue weighted by Crippen LogP contribution is 2.31. The maximum Gasteiger partial charge on any atom is 0.318 e. The van der Waals surface area contributed by atoms with E-state index in [2.05, 4.69) is 0 Å². The summed E-state index contributed by atoms with van der Waals surface area (Å²) in [6, 6.07) is 5.07. The van der Waals surface area contributed by atoms with Crippen molar-refractivity contribution >= 4 is 16.8 Å². The van der Waals surface area contributed by atoms with Crippen LogP contribution in [-0.2, 0) is 20.3 Å². The summed E-state index contributed by atoms with van der Waals surface area (Å²) in [4.78, 5) is 11.8. The Balaban J connectivity index is 2.10. The van der Waals surface area contributed by atoms with Gasteiger partial charge in [-0.05, 0) is 19.1 Å².